The smallest absolute Gasteiger partial charge is 0.322 e. The van der Waals surface area contributed by atoms with Crippen LogP contribution in [-0.4, -0.2) is 36.2 Å². The van der Waals surface area contributed by atoms with Gasteiger partial charge in [0.2, 0.25) is 12.7 Å². The molecule has 0 saturated carbocycles. The minimum absolute atomic E-state index is 0.170. The maximum absolute atomic E-state index is 12.7. The minimum Gasteiger partial charge on any atom is -0.454 e. The standard InChI is InChI=1S/C20H20ClN3O4/c21-14-3-1-4-15(10-14)23-20(26)24-8-2-5-16(24)19(25)22-11-13-6-7-17-18(9-13)28-12-27-17/h1,3-4,6-7,9-10,16H,2,5,8,11-12H2,(H,22,25)(H,23,26)/t16-/m0/s1. The molecule has 2 aliphatic heterocycles. The zero-order valence-corrected chi connectivity index (χ0v) is 15.9. The fourth-order valence-corrected chi connectivity index (χ4v) is 3.59. The number of halogens is 1. The maximum atomic E-state index is 12.7. The zero-order chi connectivity index (χ0) is 19.5. The predicted molar refractivity (Wildman–Crippen MR) is 105 cm³/mol. The molecule has 1 fully saturated rings. The van der Waals surface area contributed by atoms with E-state index in [2.05, 4.69) is 10.6 Å². The Labute approximate surface area is 167 Å². The third kappa shape index (κ3) is 3.99. The number of carbonyl (C=O) groups excluding carboxylic acids is 2. The van der Waals surface area contributed by atoms with Crippen LogP contribution >= 0.6 is 11.6 Å². The van der Waals surface area contributed by atoms with E-state index in [4.69, 9.17) is 21.1 Å². The fraction of sp³-hybridized carbons (Fsp3) is 0.300. The molecule has 28 heavy (non-hydrogen) atoms. The molecular weight excluding hydrogens is 382 g/mol. The second-order valence-corrected chi connectivity index (χ2v) is 7.13. The summed E-state index contributed by atoms with van der Waals surface area (Å²) in [6.07, 6.45) is 1.42. The van der Waals surface area contributed by atoms with Gasteiger partial charge in [-0.05, 0) is 48.7 Å². The number of fused-ring (bicyclic) bond motifs is 1. The summed E-state index contributed by atoms with van der Waals surface area (Å²) in [6.45, 7) is 1.11. The van der Waals surface area contributed by atoms with Crippen molar-refractivity contribution in [2.75, 3.05) is 18.7 Å². The van der Waals surface area contributed by atoms with Crippen LogP contribution in [0.2, 0.25) is 5.02 Å². The van der Waals surface area contributed by atoms with Gasteiger partial charge in [-0.25, -0.2) is 4.79 Å². The van der Waals surface area contributed by atoms with Crippen molar-refractivity contribution in [3.8, 4) is 11.5 Å². The number of likely N-dealkylation sites (tertiary alicyclic amines) is 1. The van der Waals surface area contributed by atoms with Gasteiger partial charge in [0.05, 0.1) is 0 Å². The molecule has 1 saturated heterocycles. The van der Waals surface area contributed by atoms with Crippen LogP contribution in [0.15, 0.2) is 42.5 Å². The van der Waals surface area contributed by atoms with E-state index < -0.39 is 6.04 Å². The molecule has 2 aromatic rings. The van der Waals surface area contributed by atoms with Crippen molar-refractivity contribution >= 4 is 29.2 Å². The van der Waals surface area contributed by atoms with Gasteiger partial charge in [-0.2, -0.15) is 0 Å². The van der Waals surface area contributed by atoms with Crippen LogP contribution in [0.4, 0.5) is 10.5 Å². The molecule has 0 unspecified atom stereocenters. The lowest BCUT2D eigenvalue weighted by atomic mass is 10.1. The number of carbonyl (C=O) groups is 2. The molecule has 2 aliphatic rings. The first-order valence-corrected chi connectivity index (χ1v) is 9.47. The van der Waals surface area contributed by atoms with Crippen LogP contribution in [0.1, 0.15) is 18.4 Å². The Kier molecular flexibility index (Phi) is 5.25. The highest BCUT2D eigenvalue weighted by atomic mass is 35.5. The number of nitrogens with one attached hydrogen (secondary N) is 2. The number of rotatable bonds is 4. The van der Waals surface area contributed by atoms with Gasteiger partial charge in [-0.1, -0.05) is 23.7 Å². The van der Waals surface area contributed by atoms with Crippen molar-refractivity contribution in [2.45, 2.75) is 25.4 Å². The monoisotopic (exact) mass is 401 g/mol. The minimum atomic E-state index is -0.492. The van der Waals surface area contributed by atoms with E-state index >= 15 is 0 Å². The second kappa shape index (κ2) is 7.98. The number of hydrogen-bond donors (Lipinski definition) is 2. The largest absolute Gasteiger partial charge is 0.454 e. The van der Waals surface area contributed by atoms with Gasteiger partial charge < -0.3 is 25.0 Å². The van der Waals surface area contributed by atoms with Crippen molar-refractivity contribution in [1.82, 2.24) is 10.2 Å². The Morgan fingerprint density at radius 3 is 2.86 bits per heavy atom. The highest BCUT2D eigenvalue weighted by molar-refractivity contribution is 6.30. The van der Waals surface area contributed by atoms with Crippen LogP contribution in [0.5, 0.6) is 11.5 Å². The van der Waals surface area contributed by atoms with Gasteiger partial charge in [-0.15, -0.1) is 0 Å². The lowest BCUT2D eigenvalue weighted by Crippen LogP contribution is -2.47. The van der Waals surface area contributed by atoms with Crippen LogP contribution in [-0.2, 0) is 11.3 Å². The number of hydrogen-bond acceptors (Lipinski definition) is 4. The quantitative estimate of drug-likeness (QED) is 0.823. The first-order chi connectivity index (χ1) is 13.6. The Bertz CT molecular complexity index is 905. The van der Waals surface area contributed by atoms with Gasteiger partial charge in [-0.3, -0.25) is 4.79 Å². The van der Waals surface area contributed by atoms with E-state index in [0.717, 1.165) is 12.0 Å². The van der Waals surface area contributed by atoms with E-state index in [0.29, 0.717) is 41.7 Å². The van der Waals surface area contributed by atoms with Gasteiger partial charge in [0.1, 0.15) is 6.04 Å². The van der Waals surface area contributed by atoms with Crippen molar-refractivity contribution in [3.05, 3.63) is 53.1 Å². The van der Waals surface area contributed by atoms with E-state index in [1.165, 1.54) is 0 Å². The normalized spacial score (nSPS) is 17.5. The second-order valence-electron chi connectivity index (χ2n) is 6.70. The van der Waals surface area contributed by atoms with Gasteiger partial charge >= 0.3 is 6.03 Å². The lowest BCUT2D eigenvalue weighted by Gasteiger charge is -2.24. The number of nitrogens with zero attached hydrogens (tertiary/aromatic N) is 1. The topological polar surface area (TPSA) is 79.9 Å². The number of benzene rings is 2. The number of anilines is 1. The molecule has 0 spiro atoms. The summed E-state index contributed by atoms with van der Waals surface area (Å²) in [4.78, 5) is 26.8. The molecule has 0 bridgehead atoms. The fourth-order valence-electron chi connectivity index (χ4n) is 3.40. The average molecular weight is 402 g/mol. The highest BCUT2D eigenvalue weighted by Crippen LogP contribution is 2.32. The van der Waals surface area contributed by atoms with E-state index in [1.54, 1.807) is 29.2 Å². The zero-order valence-electron chi connectivity index (χ0n) is 15.1. The molecule has 8 heteroatoms. The van der Waals surface area contributed by atoms with Crippen molar-refractivity contribution in [1.29, 1.82) is 0 Å². The molecule has 2 heterocycles. The third-order valence-electron chi connectivity index (χ3n) is 4.80. The molecular formula is C20H20ClN3O4. The summed E-state index contributed by atoms with van der Waals surface area (Å²) in [7, 11) is 0. The van der Waals surface area contributed by atoms with Gasteiger partial charge in [0.15, 0.2) is 11.5 Å². The predicted octanol–water partition coefficient (Wildman–Crippen LogP) is 3.38. The number of urea groups is 1. The maximum Gasteiger partial charge on any atom is 0.322 e. The van der Waals surface area contributed by atoms with E-state index in [-0.39, 0.29) is 18.7 Å². The molecule has 0 aliphatic carbocycles. The van der Waals surface area contributed by atoms with Crippen molar-refractivity contribution < 1.29 is 19.1 Å². The van der Waals surface area contributed by atoms with Crippen molar-refractivity contribution in [2.24, 2.45) is 0 Å². The van der Waals surface area contributed by atoms with Gasteiger partial charge in [0, 0.05) is 23.8 Å². The highest BCUT2D eigenvalue weighted by Gasteiger charge is 2.34. The van der Waals surface area contributed by atoms with Crippen LogP contribution in [0.25, 0.3) is 0 Å². The molecule has 0 radical (unpaired) electrons. The summed E-state index contributed by atoms with van der Waals surface area (Å²) < 4.78 is 10.6. The summed E-state index contributed by atoms with van der Waals surface area (Å²) in [5, 5.41) is 6.25. The SMILES string of the molecule is O=C(NCc1ccc2c(c1)OCO2)[C@@H]1CCCN1C(=O)Nc1cccc(Cl)c1. The van der Waals surface area contributed by atoms with Crippen LogP contribution < -0.4 is 20.1 Å². The summed E-state index contributed by atoms with van der Waals surface area (Å²) in [5.41, 5.74) is 1.51. The molecule has 7 nitrogen and oxygen atoms in total. The number of amides is 3. The molecule has 146 valence electrons. The first kappa shape index (κ1) is 18.4. The molecule has 4 rings (SSSR count). The lowest BCUT2D eigenvalue weighted by molar-refractivity contribution is -0.124. The average Bonchev–Trinajstić information content (AvgIpc) is 3.35. The first-order valence-electron chi connectivity index (χ1n) is 9.09. The molecule has 1 atom stereocenters. The molecule has 2 aromatic carbocycles. The van der Waals surface area contributed by atoms with E-state index in [9.17, 15) is 9.59 Å². The Morgan fingerprint density at radius 1 is 1.14 bits per heavy atom. The molecule has 2 N–H and O–H groups in total. The van der Waals surface area contributed by atoms with Crippen LogP contribution in [0.3, 0.4) is 0 Å². The van der Waals surface area contributed by atoms with Crippen LogP contribution in [0, 0.1) is 0 Å². The Morgan fingerprint density at radius 2 is 2.00 bits per heavy atom. The Hall–Kier alpha value is -2.93. The number of ether oxygens (including phenoxy) is 2. The third-order valence-corrected chi connectivity index (χ3v) is 5.03. The van der Waals surface area contributed by atoms with Crippen molar-refractivity contribution in [3.63, 3.8) is 0 Å². The molecule has 3 amide bonds. The molecule has 0 aromatic heterocycles. The summed E-state index contributed by atoms with van der Waals surface area (Å²) in [6, 6.07) is 11.7. The Balaban J connectivity index is 1.36. The van der Waals surface area contributed by atoms with Gasteiger partial charge in [0.25, 0.3) is 0 Å². The summed E-state index contributed by atoms with van der Waals surface area (Å²) >= 11 is 5.96. The van der Waals surface area contributed by atoms with E-state index in [1.807, 2.05) is 18.2 Å². The summed E-state index contributed by atoms with van der Waals surface area (Å²) in [5.74, 6) is 1.21.